The van der Waals surface area contributed by atoms with Crippen LogP contribution in [0, 0.1) is 5.92 Å². The fourth-order valence-electron chi connectivity index (χ4n) is 5.18. The van der Waals surface area contributed by atoms with Crippen molar-refractivity contribution in [3.8, 4) is 0 Å². The second-order valence-corrected chi connectivity index (χ2v) is 9.85. The molecular weight excluding hydrogens is 490 g/mol. The highest BCUT2D eigenvalue weighted by molar-refractivity contribution is 5.88. The van der Waals surface area contributed by atoms with Crippen LogP contribution in [0.4, 0.5) is 5.82 Å². The summed E-state index contributed by atoms with van der Waals surface area (Å²) in [5.41, 5.74) is 10.6. The van der Waals surface area contributed by atoms with Gasteiger partial charge in [0.05, 0.1) is 5.92 Å². The van der Waals surface area contributed by atoms with Crippen LogP contribution in [0.5, 0.6) is 0 Å². The van der Waals surface area contributed by atoms with Crippen LogP contribution in [0.15, 0.2) is 54.0 Å². The van der Waals surface area contributed by atoms with Crippen molar-refractivity contribution in [1.82, 2.24) is 25.5 Å². The lowest BCUT2D eigenvalue weighted by molar-refractivity contribution is -0.124. The van der Waals surface area contributed by atoms with E-state index in [4.69, 9.17) is 5.73 Å². The van der Waals surface area contributed by atoms with E-state index in [1.165, 1.54) is 0 Å². The molecule has 3 aromatic rings. The lowest BCUT2D eigenvalue weighted by atomic mass is 9.95. The molecular formula is C30H39N7O2. The third-order valence-electron chi connectivity index (χ3n) is 7.50. The van der Waals surface area contributed by atoms with E-state index in [0.29, 0.717) is 18.4 Å². The number of hydrogen-bond acceptors (Lipinski definition) is 6. The molecule has 39 heavy (non-hydrogen) atoms. The number of hydrogen-bond donors (Lipinski definition) is 6. The van der Waals surface area contributed by atoms with Crippen molar-refractivity contribution in [2.45, 2.75) is 33.7 Å². The number of nitrogens with one attached hydrogen (secondary N) is 5. The number of carbonyl (C=O) groups is 1. The van der Waals surface area contributed by atoms with Crippen LogP contribution in [0.1, 0.15) is 33.3 Å². The molecule has 0 aliphatic carbocycles. The molecule has 9 nitrogen and oxygen atoms in total. The van der Waals surface area contributed by atoms with Gasteiger partial charge < -0.3 is 36.6 Å². The molecule has 0 spiro atoms. The van der Waals surface area contributed by atoms with Gasteiger partial charge in [0.1, 0.15) is 11.2 Å². The number of aromatic nitrogens is 2. The highest BCUT2D eigenvalue weighted by Crippen LogP contribution is 2.27. The number of carbonyl (C=O) groups excluding carboxylic acids is 2. The standard InChI is InChI=1S/C30H39N7O2/c1-5-37(6-2)13-12-33-30(39)29-19(3)26(35-20(29)4)15-24-23-14-21(9-10-25(23)36-27(24)18-38)22(16-31)17-34-28-8-7-11-32-28/h7-11,14-15,17,20,29,32,34-36H,5-6,12-13,16,31H2,1-4H3,(H,33,39)/b22-17+,24-15-. The molecule has 1 aliphatic rings. The van der Waals surface area contributed by atoms with Gasteiger partial charge in [-0.05, 0) is 74.0 Å². The van der Waals surface area contributed by atoms with Gasteiger partial charge in [-0.15, -0.1) is 0 Å². The number of nitrogens with two attached hydrogens (primary N) is 1. The van der Waals surface area contributed by atoms with Crippen molar-refractivity contribution in [3.63, 3.8) is 0 Å². The highest BCUT2D eigenvalue weighted by atomic mass is 16.2. The predicted octanol–water partition coefficient (Wildman–Crippen LogP) is 1.53. The lowest BCUT2D eigenvalue weighted by Crippen LogP contribution is -2.41. The number of aromatic amines is 2. The second-order valence-electron chi connectivity index (χ2n) is 9.85. The number of anilines is 1. The number of amides is 1. The number of allylic oxidation sites excluding steroid dienone is 1. The molecule has 0 radical (unpaired) electrons. The maximum atomic E-state index is 13.1. The monoisotopic (exact) mass is 529 g/mol. The lowest BCUT2D eigenvalue weighted by Gasteiger charge is -2.20. The van der Waals surface area contributed by atoms with E-state index in [2.05, 4.69) is 44.7 Å². The summed E-state index contributed by atoms with van der Waals surface area (Å²) in [6, 6.07) is 9.73. The molecule has 9 heteroatoms. The van der Waals surface area contributed by atoms with Gasteiger partial charge in [0.15, 0.2) is 5.94 Å². The summed E-state index contributed by atoms with van der Waals surface area (Å²) in [7, 11) is 0. The first kappa shape index (κ1) is 28.0. The molecule has 2 unspecified atom stereocenters. The predicted molar refractivity (Wildman–Crippen MR) is 158 cm³/mol. The van der Waals surface area contributed by atoms with E-state index in [9.17, 15) is 9.59 Å². The molecule has 0 saturated carbocycles. The Bertz CT molecular complexity index is 1510. The zero-order valence-corrected chi connectivity index (χ0v) is 23.2. The van der Waals surface area contributed by atoms with Gasteiger partial charge in [-0.2, -0.15) is 0 Å². The Kier molecular flexibility index (Phi) is 9.09. The second kappa shape index (κ2) is 12.7. The molecule has 7 N–H and O–H groups in total. The summed E-state index contributed by atoms with van der Waals surface area (Å²) in [5, 5.41) is 11.8. The average molecular weight is 530 g/mol. The third kappa shape index (κ3) is 6.17. The molecule has 4 rings (SSSR count). The van der Waals surface area contributed by atoms with Gasteiger partial charge in [0.25, 0.3) is 0 Å². The molecule has 1 aromatic carbocycles. The largest absolute Gasteiger partial charge is 0.381 e. The molecule has 206 valence electrons. The minimum atomic E-state index is -0.289. The summed E-state index contributed by atoms with van der Waals surface area (Å²) in [6.07, 6.45) is 5.67. The van der Waals surface area contributed by atoms with E-state index in [1.807, 2.05) is 68.6 Å². The Hall–Kier alpha value is -4.04. The summed E-state index contributed by atoms with van der Waals surface area (Å²) >= 11 is 0. The highest BCUT2D eigenvalue weighted by Gasteiger charge is 2.33. The number of rotatable bonds is 11. The maximum absolute atomic E-state index is 13.1. The van der Waals surface area contributed by atoms with Gasteiger partial charge in [0, 0.05) is 59.9 Å². The van der Waals surface area contributed by atoms with Gasteiger partial charge in [-0.3, -0.25) is 4.79 Å². The number of H-pyrrole nitrogens is 2. The summed E-state index contributed by atoms with van der Waals surface area (Å²) < 4.78 is 0. The average Bonchev–Trinajstić information content (AvgIpc) is 3.65. The molecule has 0 fully saturated rings. The summed E-state index contributed by atoms with van der Waals surface area (Å²) in [6.45, 7) is 11.9. The zero-order valence-electron chi connectivity index (χ0n) is 23.2. The summed E-state index contributed by atoms with van der Waals surface area (Å²) in [4.78, 5) is 33.6. The van der Waals surface area contributed by atoms with E-state index < -0.39 is 0 Å². The van der Waals surface area contributed by atoms with Crippen LogP contribution in [-0.4, -0.2) is 65.5 Å². The van der Waals surface area contributed by atoms with Gasteiger partial charge in [0.2, 0.25) is 5.91 Å². The van der Waals surface area contributed by atoms with Crippen molar-refractivity contribution in [1.29, 1.82) is 0 Å². The number of likely N-dealkylation sites (N-methyl/N-ethyl adjacent to an activating group) is 1. The topological polar surface area (TPSA) is 131 Å². The number of benzene rings is 1. The SMILES string of the molecule is CCN(CC)CCNC(=O)C1C(C)=C(/C=c2\c(=C=O)[nH]c3ccc(/C(=C/Nc4ccc[nH]4)CN)cc23)NC1C. The maximum Gasteiger partial charge on any atom is 0.229 e. The number of nitrogens with zero attached hydrogens (tertiary/aromatic N) is 1. The van der Waals surface area contributed by atoms with Crippen molar-refractivity contribution < 1.29 is 9.59 Å². The van der Waals surface area contributed by atoms with E-state index >= 15 is 0 Å². The molecule has 0 saturated heterocycles. The molecule has 3 heterocycles. The molecule has 1 aliphatic heterocycles. The Morgan fingerprint density at radius 3 is 2.69 bits per heavy atom. The Morgan fingerprint density at radius 1 is 1.23 bits per heavy atom. The Morgan fingerprint density at radius 2 is 2.03 bits per heavy atom. The van der Waals surface area contributed by atoms with Crippen molar-refractivity contribution >= 4 is 40.2 Å². The van der Waals surface area contributed by atoms with Crippen LogP contribution in [0.25, 0.3) is 22.6 Å². The van der Waals surface area contributed by atoms with Gasteiger partial charge >= 0.3 is 0 Å². The van der Waals surface area contributed by atoms with E-state index in [1.54, 1.807) is 0 Å². The minimum Gasteiger partial charge on any atom is -0.381 e. The quantitative estimate of drug-likeness (QED) is 0.223. The Balaban J connectivity index is 1.66. The smallest absolute Gasteiger partial charge is 0.229 e. The molecule has 1 amide bonds. The first-order valence-electron chi connectivity index (χ1n) is 13.5. The zero-order chi connectivity index (χ0) is 27.9. The fourth-order valence-corrected chi connectivity index (χ4v) is 5.18. The molecule has 2 atom stereocenters. The van der Waals surface area contributed by atoms with E-state index in [-0.39, 0.29) is 17.9 Å². The van der Waals surface area contributed by atoms with Gasteiger partial charge in [-0.25, -0.2) is 4.79 Å². The van der Waals surface area contributed by atoms with Crippen LogP contribution >= 0.6 is 0 Å². The first-order chi connectivity index (χ1) is 18.9. The van der Waals surface area contributed by atoms with Crippen LogP contribution in [-0.2, 0) is 9.59 Å². The summed E-state index contributed by atoms with van der Waals surface area (Å²) in [5.74, 6) is 2.64. The minimum absolute atomic E-state index is 0.0127. The first-order valence-corrected chi connectivity index (χ1v) is 13.5. The molecule has 2 aromatic heterocycles. The van der Waals surface area contributed by atoms with E-state index in [0.717, 1.165) is 64.0 Å². The van der Waals surface area contributed by atoms with Crippen molar-refractivity contribution in [3.05, 3.63) is 70.1 Å². The van der Waals surface area contributed by atoms with Crippen molar-refractivity contribution in [2.75, 3.05) is 38.0 Å². The van der Waals surface area contributed by atoms with Crippen LogP contribution in [0.2, 0.25) is 0 Å². The number of fused-ring (bicyclic) bond motifs is 1. The van der Waals surface area contributed by atoms with Crippen LogP contribution in [0.3, 0.4) is 0 Å². The van der Waals surface area contributed by atoms with Crippen LogP contribution < -0.4 is 32.3 Å². The third-order valence-corrected chi connectivity index (χ3v) is 7.50. The van der Waals surface area contributed by atoms with Crippen molar-refractivity contribution in [2.24, 2.45) is 11.7 Å². The Labute approximate surface area is 228 Å². The normalized spacial score (nSPS) is 18.1. The van der Waals surface area contributed by atoms with Gasteiger partial charge in [-0.1, -0.05) is 19.9 Å². The fraction of sp³-hybridized carbons (Fsp3) is 0.367. The molecule has 0 bridgehead atoms.